The van der Waals surface area contributed by atoms with Crippen LogP contribution in [-0.4, -0.2) is 19.1 Å². The lowest BCUT2D eigenvalue weighted by Gasteiger charge is -2.12. The molecule has 6 aromatic carbocycles. The van der Waals surface area contributed by atoms with Crippen molar-refractivity contribution in [3.63, 3.8) is 0 Å². The van der Waals surface area contributed by atoms with Crippen LogP contribution in [0, 0.1) is 0 Å². The van der Waals surface area contributed by atoms with Crippen LogP contribution in [0.5, 0.6) is 0 Å². The van der Waals surface area contributed by atoms with Gasteiger partial charge in [-0.3, -0.25) is 9.13 Å². The number of rotatable bonds is 4. The molecule has 0 fully saturated rings. The van der Waals surface area contributed by atoms with E-state index in [9.17, 15) is 0 Å². The molecule has 0 aliphatic rings. The molecule has 0 N–H and O–H groups in total. The van der Waals surface area contributed by atoms with E-state index in [1.54, 1.807) is 0 Å². The molecule has 0 unspecified atom stereocenters. The Balaban J connectivity index is 1.06. The molecule has 0 aliphatic heterocycles. The smallest absolute Gasteiger partial charge is 0.145 e. The van der Waals surface area contributed by atoms with Gasteiger partial charge in [0, 0.05) is 65.5 Å². The summed E-state index contributed by atoms with van der Waals surface area (Å²) in [4.78, 5) is 9.76. The second-order valence-corrected chi connectivity index (χ2v) is 14.1. The van der Waals surface area contributed by atoms with Crippen LogP contribution < -0.4 is 0 Å². The van der Waals surface area contributed by atoms with Crippen molar-refractivity contribution in [2.75, 3.05) is 0 Å². The van der Waals surface area contributed by atoms with Crippen LogP contribution in [0.4, 0.5) is 0 Å². The Kier molecular flexibility index (Phi) is 6.09. The SMILES string of the molecule is c1cc(-c2cccc(-n3c4ccc(-n5c6ccccc6c6cccnc65)cc4c4cccnc43)c2)cc(-c2cccc3c2sc2ccccc23)c1. The second-order valence-electron chi connectivity index (χ2n) is 13.1. The van der Waals surface area contributed by atoms with Crippen LogP contribution in [0.2, 0.25) is 0 Å². The van der Waals surface area contributed by atoms with Gasteiger partial charge in [0.15, 0.2) is 0 Å². The molecule has 238 valence electrons. The summed E-state index contributed by atoms with van der Waals surface area (Å²) in [7, 11) is 0. The van der Waals surface area contributed by atoms with E-state index in [2.05, 4.69) is 155 Å². The van der Waals surface area contributed by atoms with E-state index in [-0.39, 0.29) is 0 Å². The van der Waals surface area contributed by atoms with Crippen molar-refractivity contribution in [2.24, 2.45) is 0 Å². The summed E-state index contributed by atoms with van der Waals surface area (Å²) >= 11 is 1.87. The van der Waals surface area contributed by atoms with Crippen molar-refractivity contribution in [1.82, 2.24) is 19.1 Å². The molecule has 0 aliphatic carbocycles. The second kappa shape index (κ2) is 11.0. The minimum absolute atomic E-state index is 0.937. The number of aromatic nitrogens is 4. The molecule has 0 saturated carbocycles. The Morgan fingerprint density at radius 3 is 1.84 bits per heavy atom. The highest BCUT2D eigenvalue weighted by atomic mass is 32.1. The fourth-order valence-corrected chi connectivity index (χ4v) is 9.20. The molecule has 11 aromatic rings. The van der Waals surface area contributed by atoms with E-state index < -0.39 is 0 Å². The van der Waals surface area contributed by atoms with Gasteiger partial charge >= 0.3 is 0 Å². The molecule has 0 bridgehead atoms. The average molecular weight is 669 g/mol. The summed E-state index contributed by atoms with van der Waals surface area (Å²) in [6.45, 7) is 0. The fraction of sp³-hybridized carbons (Fsp3) is 0. The molecular formula is C46H28N4S. The first kappa shape index (κ1) is 28.3. The minimum Gasteiger partial charge on any atom is -0.294 e. The molecule has 4 nitrogen and oxygen atoms in total. The van der Waals surface area contributed by atoms with Crippen molar-refractivity contribution >= 4 is 75.4 Å². The number of fused-ring (bicyclic) bond motifs is 9. The summed E-state index contributed by atoms with van der Waals surface area (Å²) in [5.41, 5.74) is 11.1. The van der Waals surface area contributed by atoms with E-state index in [1.165, 1.54) is 42.2 Å². The number of hydrogen-bond acceptors (Lipinski definition) is 3. The van der Waals surface area contributed by atoms with Gasteiger partial charge in [-0.25, -0.2) is 9.97 Å². The standard InChI is InChI=1S/C46H28N4S/c1-3-20-41-35(14-1)38-18-8-24-47-45(38)50(41)33-22-23-42-40(28-33)39-19-9-25-48-46(39)49(42)32-13-6-11-30(27-32)29-10-5-12-31(26-29)34-16-7-17-37-36-15-2-4-21-43(36)51-44(34)37/h1-28H. The van der Waals surface area contributed by atoms with Crippen molar-refractivity contribution in [2.45, 2.75) is 0 Å². The first-order chi connectivity index (χ1) is 25.3. The Morgan fingerprint density at radius 1 is 0.392 bits per heavy atom. The van der Waals surface area contributed by atoms with Crippen LogP contribution in [0.1, 0.15) is 0 Å². The number of pyridine rings is 2. The highest BCUT2D eigenvalue weighted by Gasteiger charge is 2.18. The number of nitrogens with zero attached hydrogens (tertiary/aromatic N) is 4. The van der Waals surface area contributed by atoms with E-state index in [1.807, 2.05) is 35.9 Å². The van der Waals surface area contributed by atoms with Crippen LogP contribution >= 0.6 is 11.3 Å². The topological polar surface area (TPSA) is 35.6 Å². The zero-order valence-corrected chi connectivity index (χ0v) is 28.2. The quantitative estimate of drug-likeness (QED) is 0.187. The van der Waals surface area contributed by atoms with Crippen LogP contribution in [0.15, 0.2) is 170 Å². The number of para-hydroxylation sites is 1. The molecule has 5 aromatic heterocycles. The van der Waals surface area contributed by atoms with E-state index in [0.717, 1.165) is 55.4 Å². The van der Waals surface area contributed by atoms with Gasteiger partial charge in [-0.15, -0.1) is 11.3 Å². The van der Waals surface area contributed by atoms with Crippen LogP contribution in [0.3, 0.4) is 0 Å². The molecule has 0 saturated heterocycles. The molecule has 5 heterocycles. The highest BCUT2D eigenvalue weighted by molar-refractivity contribution is 7.26. The largest absolute Gasteiger partial charge is 0.294 e. The van der Waals surface area contributed by atoms with Crippen LogP contribution in [0.25, 0.3) is 97.7 Å². The lowest BCUT2D eigenvalue weighted by Crippen LogP contribution is -1.97. The summed E-state index contributed by atoms with van der Waals surface area (Å²) in [5.74, 6) is 0. The molecular weight excluding hydrogens is 641 g/mol. The van der Waals surface area contributed by atoms with Gasteiger partial charge in [0.05, 0.1) is 11.0 Å². The minimum atomic E-state index is 0.937. The van der Waals surface area contributed by atoms with Crippen molar-refractivity contribution in [3.8, 4) is 33.6 Å². The van der Waals surface area contributed by atoms with Crippen molar-refractivity contribution in [3.05, 3.63) is 170 Å². The summed E-state index contributed by atoms with van der Waals surface area (Å²) in [5, 5.41) is 7.26. The Morgan fingerprint density at radius 2 is 1.00 bits per heavy atom. The first-order valence-corrected chi connectivity index (χ1v) is 18.0. The monoisotopic (exact) mass is 668 g/mol. The third-order valence-corrected chi connectivity index (χ3v) is 11.4. The number of hydrogen-bond donors (Lipinski definition) is 0. The maximum Gasteiger partial charge on any atom is 0.145 e. The summed E-state index contributed by atoms with van der Waals surface area (Å²) < 4.78 is 7.22. The lowest BCUT2D eigenvalue weighted by molar-refractivity contribution is 1.12. The maximum atomic E-state index is 4.94. The summed E-state index contributed by atoms with van der Waals surface area (Å²) in [6, 6.07) is 56.8. The molecule has 0 amide bonds. The Hall–Kier alpha value is -6.56. The zero-order chi connectivity index (χ0) is 33.5. The third-order valence-electron chi connectivity index (χ3n) is 10.2. The third kappa shape index (κ3) is 4.25. The predicted molar refractivity (Wildman–Crippen MR) is 214 cm³/mol. The van der Waals surface area contributed by atoms with Gasteiger partial charge in [0.2, 0.25) is 0 Å². The maximum absolute atomic E-state index is 4.94. The lowest BCUT2D eigenvalue weighted by atomic mass is 9.97. The molecule has 0 spiro atoms. The zero-order valence-electron chi connectivity index (χ0n) is 27.4. The summed E-state index contributed by atoms with van der Waals surface area (Å²) in [6.07, 6.45) is 3.76. The molecule has 11 rings (SSSR count). The predicted octanol–water partition coefficient (Wildman–Crippen LogP) is 12.4. The van der Waals surface area contributed by atoms with Gasteiger partial charge in [-0.1, -0.05) is 84.9 Å². The Labute approximate surface area is 297 Å². The number of thiophene rings is 1. The first-order valence-electron chi connectivity index (χ1n) is 17.2. The van der Waals surface area contributed by atoms with E-state index >= 15 is 0 Å². The average Bonchev–Trinajstić information content (AvgIpc) is 3.86. The fourth-order valence-electron chi connectivity index (χ4n) is 7.96. The molecule has 0 radical (unpaired) electrons. The normalized spacial score (nSPS) is 11.9. The van der Waals surface area contributed by atoms with E-state index in [0.29, 0.717) is 0 Å². The van der Waals surface area contributed by atoms with Gasteiger partial charge < -0.3 is 0 Å². The van der Waals surface area contributed by atoms with E-state index in [4.69, 9.17) is 9.97 Å². The molecule has 5 heteroatoms. The van der Waals surface area contributed by atoms with Gasteiger partial charge in [0.1, 0.15) is 11.3 Å². The van der Waals surface area contributed by atoms with Gasteiger partial charge in [-0.2, -0.15) is 0 Å². The highest BCUT2D eigenvalue weighted by Crippen LogP contribution is 2.41. The Bertz CT molecular complexity index is 3110. The van der Waals surface area contributed by atoms with Crippen molar-refractivity contribution < 1.29 is 0 Å². The molecule has 51 heavy (non-hydrogen) atoms. The molecule has 0 atom stereocenters. The van der Waals surface area contributed by atoms with Crippen LogP contribution in [-0.2, 0) is 0 Å². The number of benzene rings is 6. The van der Waals surface area contributed by atoms with Crippen molar-refractivity contribution in [1.29, 1.82) is 0 Å². The van der Waals surface area contributed by atoms with Gasteiger partial charge in [0.25, 0.3) is 0 Å². The van der Waals surface area contributed by atoms with Gasteiger partial charge in [-0.05, 0) is 95.1 Å².